The van der Waals surface area contributed by atoms with Crippen LogP contribution in [0.2, 0.25) is 0 Å². The molecule has 4 rings (SSSR count). The van der Waals surface area contributed by atoms with E-state index < -0.39 is 11.8 Å². The lowest BCUT2D eigenvalue weighted by Crippen LogP contribution is -2.35. The minimum Gasteiger partial charge on any atom is -0.497 e. The predicted molar refractivity (Wildman–Crippen MR) is 145 cm³/mol. The molecular formula is C26H27N3O5S2. The molecule has 1 fully saturated rings. The summed E-state index contributed by atoms with van der Waals surface area (Å²) in [5.41, 5.74) is 1.93. The number of nitrogens with one attached hydrogen (secondary N) is 1. The minimum absolute atomic E-state index is 0.231. The van der Waals surface area contributed by atoms with E-state index in [0.717, 1.165) is 31.0 Å². The fourth-order valence-electron chi connectivity index (χ4n) is 4.15. The van der Waals surface area contributed by atoms with Crippen LogP contribution in [-0.2, 0) is 14.4 Å². The molecule has 0 radical (unpaired) electrons. The quantitative estimate of drug-likeness (QED) is 0.294. The zero-order valence-electron chi connectivity index (χ0n) is 20.3. The van der Waals surface area contributed by atoms with Crippen LogP contribution in [0.3, 0.4) is 0 Å². The van der Waals surface area contributed by atoms with Crippen molar-refractivity contribution < 1.29 is 23.9 Å². The van der Waals surface area contributed by atoms with Crippen molar-refractivity contribution in [2.24, 2.45) is 0 Å². The Labute approximate surface area is 219 Å². The Morgan fingerprint density at radius 1 is 1.03 bits per heavy atom. The molecule has 0 atom stereocenters. The van der Waals surface area contributed by atoms with E-state index in [1.807, 2.05) is 0 Å². The van der Waals surface area contributed by atoms with Gasteiger partial charge in [0.15, 0.2) is 0 Å². The second-order valence-electron chi connectivity index (χ2n) is 8.26. The van der Waals surface area contributed by atoms with E-state index in [0.29, 0.717) is 44.2 Å². The second-order valence-corrected chi connectivity index (χ2v) is 9.90. The molecule has 188 valence electrons. The topological polar surface area (TPSA) is 88.2 Å². The minimum atomic E-state index is -0.407. The molecule has 2 aliphatic heterocycles. The van der Waals surface area contributed by atoms with E-state index in [1.54, 1.807) is 54.5 Å². The number of para-hydroxylation sites is 1. The first-order chi connectivity index (χ1) is 17.4. The van der Waals surface area contributed by atoms with Crippen LogP contribution in [0, 0.1) is 0 Å². The van der Waals surface area contributed by atoms with Crippen molar-refractivity contribution in [2.75, 3.05) is 37.5 Å². The smallest absolute Gasteiger partial charge is 0.267 e. The molecule has 0 aromatic heterocycles. The number of anilines is 2. The Balaban J connectivity index is 1.59. The van der Waals surface area contributed by atoms with E-state index >= 15 is 0 Å². The average Bonchev–Trinajstić information content (AvgIpc) is 3.31. The SMILES string of the molecule is CCCCCN1C(=O)/C(=C2/C(=O)N(CC(=O)Nc3ccc(OC)cc3OC)c3ccccc32)SC1=S. The highest BCUT2D eigenvalue weighted by molar-refractivity contribution is 8.26. The predicted octanol–water partition coefficient (Wildman–Crippen LogP) is 4.45. The van der Waals surface area contributed by atoms with Gasteiger partial charge in [0.2, 0.25) is 5.91 Å². The van der Waals surface area contributed by atoms with E-state index in [-0.39, 0.29) is 18.0 Å². The van der Waals surface area contributed by atoms with Crippen LogP contribution in [0.15, 0.2) is 47.4 Å². The van der Waals surface area contributed by atoms with E-state index in [1.165, 1.54) is 12.0 Å². The van der Waals surface area contributed by atoms with Crippen LogP contribution >= 0.6 is 24.0 Å². The largest absolute Gasteiger partial charge is 0.497 e. The number of thiocarbonyl (C=S) groups is 1. The van der Waals surface area contributed by atoms with Gasteiger partial charge in [0.1, 0.15) is 22.4 Å². The average molecular weight is 526 g/mol. The third-order valence-corrected chi connectivity index (χ3v) is 7.42. The lowest BCUT2D eigenvalue weighted by atomic mass is 10.1. The van der Waals surface area contributed by atoms with Crippen LogP contribution < -0.4 is 19.7 Å². The molecule has 0 saturated carbocycles. The number of carbonyl (C=O) groups excluding carboxylic acids is 3. The number of carbonyl (C=O) groups is 3. The number of fused-ring (bicyclic) bond motifs is 1. The summed E-state index contributed by atoms with van der Waals surface area (Å²) in [5.74, 6) is -0.0425. The lowest BCUT2D eigenvalue weighted by Gasteiger charge is -2.18. The number of amides is 3. The normalized spacial score (nSPS) is 17.0. The first-order valence-electron chi connectivity index (χ1n) is 11.6. The molecule has 1 N–H and O–H groups in total. The Morgan fingerprint density at radius 3 is 2.53 bits per heavy atom. The summed E-state index contributed by atoms with van der Waals surface area (Å²) in [6.45, 7) is 2.39. The van der Waals surface area contributed by atoms with Gasteiger partial charge in [0.05, 0.1) is 36.1 Å². The number of hydrogen-bond donors (Lipinski definition) is 1. The van der Waals surface area contributed by atoms with Crippen molar-refractivity contribution in [1.29, 1.82) is 0 Å². The number of rotatable bonds is 9. The monoisotopic (exact) mass is 525 g/mol. The van der Waals surface area contributed by atoms with Gasteiger partial charge in [-0.3, -0.25) is 24.2 Å². The van der Waals surface area contributed by atoms with Gasteiger partial charge in [-0.25, -0.2) is 0 Å². The number of methoxy groups -OCH3 is 2. The Morgan fingerprint density at radius 2 is 1.81 bits per heavy atom. The van der Waals surface area contributed by atoms with Gasteiger partial charge in [0, 0.05) is 18.2 Å². The maximum atomic E-state index is 13.6. The molecule has 0 bridgehead atoms. The standard InChI is InChI=1S/C26H27N3O5S2/c1-4-5-8-13-28-25(32)23(36-26(28)35)22-17-9-6-7-10-19(17)29(24(22)31)15-21(30)27-18-12-11-16(33-2)14-20(18)34-3/h6-7,9-12,14H,4-5,8,13,15H2,1-3H3,(H,27,30)/b23-22-. The highest BCUT2D eigenvalue weighted by Crippen LogP contribution is 2.44. The molecular weight excluding hydrogens is 498 g/mol. The van der Waals surface area contributed by atoms with E-state index in [2.05, 4.69) is 12.2 Å². The summed E-state index contributed by atoms with van der Waals surface area (Å²) in [7, 11) is 3.04. The third-order valence-electron chi connectivity index (χ3n) is 5.97. The van der Waals surface area contributed by atoms with Gasteiger partial charge in [-0.1, -0.05) is 61.9 Å². The van der Waals surface area contributed by atoms with Crippen molar-refractivity contribution >= 4 is 63.0 Å². The van der Waals surface area contributed by atoms with E-state index in [9.17, 15) is 14.4 Å². The third kappa shape index (κ3) is 4.96. The van der Waals surface area contributed by atoms with Crippen LogP contribution in [0.5, 0.6) is 11.5 Å². The first kappa shape index (κ1) is 25.7. The molecule has 0 unspecified atom stereocenters. The molecule has 3 amide bonds. The fraction of sp³-hybridized carbons (Fsp3) is 0.308. The van der Waals surface area contributed by atoms with Gasteiger partial charge >= 0.3 is 0 Å². The highest BCUT2D eigenvalue weighted by atomic mass is 32.2. The van der Waals surface area contributed by atoms with Crippen LogP contribution in [-0.4, -0.2) is 54.3 Å². The zero-order valence-corrected chi connectivity index (χ0v) is 22.0. The summed E-state index contributed by atoms with van der Waals surface area (Å²) >= 11 is 6.60. The molecule has 36 heavy (non-hydrogen) atoms. The molecule has 8 nitrogen and oxygen atoms in total. The fourth-order valence-corrected chi connectivity index (χ4v) is 5.53. The van der Waals surface area contributed by atoms with Gasteiger partial charge in [-0.05, 0) is 24.6 Å². The number of ether oxygens (including phenoxy) is 2. The van der Waals surface area contributed by atoms with Gasteiger partial charge in [-0.15, -0.1) is 0 Å². The summed E-state index contributed by atoms with van der Waals surface area (Å²) in [5, 5.41) is 2.80. The van der Waals surface area contributed by atoms with Crippen LogP contribution in [0.1, 0.15) is 31.7 Å². The molecule has 2 aliphatic rings. The maximum absolute atomic E-state index is 13.6. The summed E-state index contributed by atoms with van der Waals surface area (Å²) in [6.07, 6.45) is 2.87. The van der Waals surface area contributed by atoms with Crippen LogP contribution in [0.4, 0.5) is 11.4 Å². The van der Waals surface area contributed by atoms with Gasteiger partial charge in [-0.2, -0.15) is 0 Å². The molecule has 2 heterocycles. The maximum Gasteiger partial charge on any atom is 0.267 e. The van der Waals surface area contributed by atoms with Crippen molar-refractivity contribution in [3.63, 3.8) is 0 Å². The lowest BCUT2D eigenvalue weighted by molar-refractivity contribution is -0.122. The second kappa shape index (κ2) is 11.1. The molecule has 1 saturated heterocycles. The number of nitrogens with zero attached hydrogens (tertiary/aromatic N) is 2. The van der Waals surface area contributed by atoms with Crippen molar-refractivity contribution in [2.45, 2.75) is 26.2 Å². The molecule has 2 aromatic rings. The summed E-state index contributed by atoms with van der Waals surface area (Å²) < 4.78 is 11.0. The molecule has 0 spiro atoms. The molecule has 10 heteroatoms. The van der Waals surface area contributed by atoms with Crippen molar-refractivity contribution in [3.8, 4) is 11.5 Å². The van der Waals surface area contributed by atoms with Crippen molar-refractivity contribution in [3.05, 3.63) is 52.9 Å². The molecule has 2 aromatic carbocycles. The number of unbranched alkanes of at least 4 members (excludes halogenated alkanes) is 2. The first-order valence-corrected chi connectivity index (χ1v) is 12.8. The van der Waals surface area contributed by atoms with E-state index in [4.69, 9.17) is 21.7 Å². The Bertz CT molecular complexity index is 1260. The summed E-state index contributed by atoms with van der Waals surface area (Å²) in [6, 6.07) is 12.2. The number of thioether (sulfide) groups is 1. The van der Waals surface area contributed by atoms with Crippen molar-refractivity contribution in [1.82, 2.24) is 4.90 Å². The molecule has 0 aliphatic carbocycles. The summed E-state index contributed by atoms with van der Waals surface area (Å²) in [4.78, 5) is 43.1. The Hall–Kier alpha value is -3.37. The number of hydrogen-bond acceptors (Lipinski definition) is 7. The Kier molecular flexibility index (Phi) is 7.95. The van der Waals surface area contributed by atoms with Gasteiger partial charge in [0.25, 0.3) is 11.8 Å². The van der Waals surface area contributed by atoms with Gasteiger partial charge < -0.3 is 14.8 Å². The van der Waals surface area contributed by atoms with Crippen LogP contribution in [0.25, 0.3) is 5.57 Å². The highest BCUT2D eigenvalue weighted by Gasteiger charge is 2.42. The zero-order chi connectivity index (χ0) is 25.8. The number of benzene rings is 2.